The molecule has 0 radical (unpaired) electrons. The first kappa shape index (κ1) is 14.6. The molecule has 18 heavy (non-hydrogen) atoms. The molecule has 1 aromatic heterocycles. The van der Waals surface area contributed by atoms with Crippen LogP contribution in [-0.4, -0.2) is 9.78 Å². The molecule has 6 heteroatoms. The maximum atomic E-state index is 12.4. The van der Waals surface area contributed by atoms with Gasteiger partial charge in [-0.05, 0) is 29.7 Å². The summed E-state index contributed by atoms with van der Waals surface area (Å²) >= 11 is 0. The van der Waals surface area contributed by atoms with Gasteiger partial charge >= 0.3 is 6.55 Å². The fraction of sp³-hybridized carbons (Fsp3) is 0.250. The number of nitrogens with zero attached hydrogens (tertiary/aromatic N) is 2. The Bertz CT molecular complexity index is 526. The molecular weight excluding hydrogens is 260 g/mol. The smallest absolute Gasteiger partial charge is 0.326 e. The molecule has 3 nitrogen and oxygen atoms in total. The summed E-state index contributed by atoms with van der Waals surface area (Å²) in [7, 11) is 0. The number of alkyl halides is 2. The molecule has 98 valence electrons. The summed E-state index contributed by atoms with van der Waals surface area (Å²) in [6.07, 6.45) is 2.78. The molecule has 0 aliphatic rings. The van der Waals surface area contributed by atoms with Gasteiger partial charge in [0, 0.05) is 18.3 Å². The molecular formula is C12H14ClF2N3. The predicted molar refractivity (Wildman–Crippen MR) is 68.8 cm³/mol. The fourth-order valence-corrected chi connectivity index (χ4v) is 1.69. The van der Waals surface area contributed by atoms with Crippen LogP contribution >= 0.6 is 12.4 Å². The van der Waals surface area contributed by atoms with E-state index in [9.17, 15) is 8.78 Å². The van der Waals surface area contributed by atoms with Crippen molar-refractivity contribution >= 4 is 12.4 Å². The van der Waals surface area contributed by atoms with E-state index >= 15 is 0 Å². The van der Waals surface area contributed by atoms with Crippen LogP contribution in [0.3, 0.4) is 0 Å². The second kappa shape index (κ2) is 5.93. The van der Waals surface area contributed by atoms with Gasteiger partial charge in [0.25, 0.3) is 0 Å². The Labute approximate surface area is 110 Å². The largest absolute Gasteiger partial charge is 0.333 e. The van der Waals surface area contributed by atoms with Crippen molar-refractivity contribution < 1.29 is 8.78 Å². The normalized spacial score (nSPS) is 10.5. The molecule has 0 aliphatic carbocycles. The number of rotatable bonds is 3. The van der Waals surface area contributed by atoms with Gasteiger partial charge < -0.3 is 5.73 Å². The fourth-order valence-electron chi connectivity index (χ4n) is 1.69. The Morgan fingerprint density at radius 1 is 1.39 bits per heavy atom. The molecule has 0 amide bonds. The van der Waals surface area contributed by atoms with Gasteiger partial charge in [0.05, 0.1) is 6.20 Å². The lowest BCUT2D eigenvalue weighted by molar-refractivity contribution is 0.0566. The minimum atomic E-state index is -2.61. The third kappa shape index (κ3) is 2.86. The van der Waals surface area contributed by atoms with Gasteiger partial charge in [-0.25, -0.2) is 4.68 Å². The number of halogens is 3. The molecule has 0 atom stereocenters. The van der Waals surface area contributed by atoms with Gasteiger partial charge in [-0.15, -0.1) is 12.4 Å². The lowest BCUT2D eigenvalue weighted by atomic mass is 10.0. The molecule has 0 aliphatic heterocycles. The van der Waals surface area contributed by atoms with Crippen LogP contribution < -0.4 is 5.73 Å². The first-order chi connectivity index (χ1) is 8.11. The van der Waals surface area contributed by atoms with Crippen molar-refractivity contribution in [3.05, 3.63) is 41.7 Å². The highest BCUT2D eigenvalue weighted by Gasteiger charge is 2.10. The Balaban J connectivity index is 0.00000162. The van der Waals surface area contributed by atoms with E-state index in [-0.39, 0.29) is 12.4 Å². The predicted octanol–water partition coefficient (Wildman–Crippen LogP) is 3.13. The summed E-state index contributed by atoms with van der Waals surface area (Å²) in [6, 6.07) is 5.76. The van der Waals surface area contributed by atoms with E-state index in [0.717, 1.165) is 16.7 Å². The highest BCUT2D eigenvalue weighted by atomic mass is 35.5. The van der Waals surface area contributed by atoms with Crippen LogP contribution in [0.1, 0.15) is 17.7 Å². The summed E-state index contributed by atoms with van der Waals surface area (Å²) in [6.45, 7) is -0.257. The van der Waals surface area contributed by atoms with Gasteiger partial charge in [0.1, 0.15) is 0 Å². The van der Waals surface area contributed by atoms with E-state index in [1.165, 1.54) is 12.4 Å². The van der Waals surface area contributed by atoms with Gasteiger partial charge in [-0.3, -0.25) is 0 Å². The lowest BCUT2D eigenvalue weighted by Crippen LogP contribution is -1.97. The minimum Gasteiger partial charge on any atom is -0.326 e. The average Bonchev–Trinajstić information content (AvgIpc) is 2.79. The summed E-state index contributed by atoms with van der Waals surface area (Å²) < 4.78 is 25.5. The molecule has 1 aromatic carbocycles. The zero-order chi connectivity index (χ0) is 12.4. The Morgan fingerprint density at radius 3 is 2.67 bits per heavy atom. The van der Waals surface area contributed by atoms with Crippen molar-refractivity contribution in [2.45, 2.75) is 20.0 Å². The highest BCUT2D eigenvalue weighted by Crippen LogP contribution is 2.25. The number of nitrogens with two attached hydrogens (primary N) is 1. The van der Waals surface area contributed by atoms with E-state index in [4.69, 9.17) is 5.73 Å². The van der Waals surface area contributed by atoms with Crippen LogP contribution in [0.25, 0.3) is 11.1 Å². The van der Waals surface area contributed by atoms with Crippen molar-refractivity contribution in [3.63, 3.8) is 0 Å². The Kier molecular flexibility index (Phi) is 4.81. The molecule has 0 fully saturated rings. The third-order valence-electron chi connectivity index (χ3n) is 2.65. The van der Waals surface area contributed by atoms with Crippen molar-refractivity contribution in [2.75, 3.05) is 0 Å². The summed E-state index contributed by atoms with van der Waals surface area (Å²) in [4.78, 5) is 0. The van der Waals surface area contributed by atoms with Crippen molar-refractivity contribution in [3.8, 4) is 11.1 Å². The van der Waals surface area contributed by atoms with Gasteiger partial charge in [-0.2, -0.15) is 13.9 Å². The topological polar surface area (TPSA) is 43.8 Å². The molecule has 0 bridgehead atoms. The van der Waals surface area contributed by atoms with E-state index < -0.39 is 6.55 Å². The zero-order valence-electron chi connectivity index (χ0n) is 9.81. The van der Waals surface area contributed by atoms with Gasteiger partial charge in [-0.1, -0.05) is 12.1 Å². The maximum Gasteiger partial charge on any atom is 0.333 e. The lowest BCUT2D eigenvalue weighted by Gasteiger charge is -2.05. The minimum absolute atomic E-state index is 0. The van der Waals surface area contributed by atoms with E-state index in [2.05, 4.69) is 5.10 Å². The zero-order valence-corrected chi connectivity index (χ0v) is 10.6. The average molecular weight is 274 g/mol. The molecule has 0 unspecified atom stereocenters. The number of aromatic nitrogens is 2. The molecule has 0 saturated carbocycles. The monoisotopic (exact) mass is 273 g/mol. The third-order valence-corrected chi connectivity index (χ3v) is 2.65. The van der Waals surface area contributed by atoms with Crippen molar-refractivity contribution in [1.29, 1.82) is 0 Å². The second-order valence-corrected chi connectivity index (χ2v) is 3.84. The molecule has 1 heterocycles. The van der Waals surface area contributed by atoms with E-state index in [1.54, 1.807) is 0 Å². The standard InChI is InChI=1S/C12H13F2N3.ClH/c1-8-2-3-9(5-15)4-11(8)10-6-16-17(7-10)12(13)14;/h2-4,6-7,12H,5,15H2,1H3;1H. The number of aryl methyl sites for hydroxylation is 1. The first-order valence-electron chi connectivity index (χ1n) is 5.24. The number of hydrogen-bond donors (Lipinski definition) is 1. The second-order valence-electron chi connectivity index (χ2n) is 3.84. The van der Waals surface area contributed by atoms with Gasteiger partial charge in [0.2, 0.25) is 0 Å². The van der Waals surface area contributed by atoms with Crippen LogP contribution in [0.5, 0.6) is 0 Å². The van der Waals surface area contributed by atoms with E-state index in [0.29, 0.717) is 16.8 Å². The maximum absolute atomic E-state index is 12.4. The summed E-state index contributed by atoms with van der Waals surface area (Å²) in [5.41, 5.74) is 9.11. The van der Waals surface area contributed by atoms with Crippen molar-refractivity contribution in [2.24, 2.45) is 5.73 Å². The SMILES string of the molecule is Cc1ccc(CN)cc1-c1cnn(C(F)F)c1.Cl. The van der Waals surface area contributed by atoms with Crippen LogP contribution in [0.4, 0.5) is 8.78 Å². The van der Waals surface area contributed by atoms with Crippen LogP contribution in [-0.2, 0) is 6.54 Å². The highest BCUT2D eigenvalue weighted by molar-refractivity contribution is 5.85. The van der Waals surface area contributed by atoms with Crippen molar-refractivity contribution in [1.82, 2.24) is 9.78 Å². The number of hydrogen-bond acceptors (Lipinski definition) is 2. The first-order valence-corrected chi connectivity index (χ1v) is 5.24. The molecule has 0 saturated heterocycles. The van der Waals surface area contributed by atoms with Gasteiger partial charge in [0.15, 0.2) is 0 Å². The summed E-state index contributed by atoms with van der Waals surface area (Å²) in [5, 5.41) is 3.62. The molecule has 0 spiro atoms. The molecule has 2 rings (SSSR count). The van der Waals surface area contributed by atoms with Crippen LogP contribution in [0, 0.1) is 6.92 Å². The molecule has 2 N–H and O–H groups in total. The van der Waals surface area contributed by atoms with Crippen LogP contribution in [0.15, 0.2) is 30.6 Å². The molecule has 2 aromatic rings. The Morgan fingerprint density at radius 2 is 2.11 bits per heavy atom. The van der Waals surface area contributed by atoms with Crippen LogP contribution in [0.2, 0.25) is 0 Å². The quantitative estimate of drug-likeness (QED) is 0.934. The Hall–Kier alpha value is -1.46. The number of benzene rings is 1. The summed E-state index contributed by atoms with van der Waals surface area (Å²) in [5.74, 6) is 0. The van der Waals surface area contributed by atoms with E-state index in [1.807, 2.05) is 25.1 Å².